The van der Waals surface area contributed by atoms with E-state index in [0.717, 1.165) is 36.0 Å². The highest BCUT2D eigenvalue weighted by Crippen LogP contribution is 2.23. The summed E-state index contributed by atoms with van der Waals surface area (Å²) < 4.78 is 38.6. The van der Waals surface area contributed by atoms with Gasteiger partial charge in [0, 0.05) is 31.2 Å². The monoisotopic (exact) mass is 298 g/mol. The lowest BCUT2D eigenvalue weighted by Gasteiger charge is -2.09. The van der Waals surface area contributed by atoms with Crippen LogP contribution in [0.2, 0.25) is 0 Å². The molecule has 0 amide bonds. The van der Waals surface area contributed by atoms with Crippen molar-refractivity contribution in [2.75, 3.05) is 6.54 Å². The fourth-order valence-corrected chi connectivity index (χ4v) is 2.39. The first-order chi connectivity index (χ1) is 9.99. The van der Waals surface area contributed by atoms with E-state index in [0.29, 0.717) is 6.54 Å². The molecule has 0 saturated heterocycles. The first-order valence-corrected chi connectivity index (χ1v) is 7.35. The molecule has 0 unspecified atom stereocenters. The van der Waals surface area contributed by atoms with Crippen molar-refractivity contribution in [3.8, 4) is 0 Å². The summed E-state index contributed by atoms with van der Waals surface area (Å²) in [7, 11) is 0. The van der Waals surface area contributed by atoms with Gasteiger partial charge in [0.2, 0.25) is 0 Å². The topological polar surface area (TPSA) is 17.0 Å². The Kier molecular flexibility index (Phi) is 5.28. The van der Waals surface area contributed by atoms with Gasteiger partial charge in [-0.25, -0.2) is 0 Å². The van der Waals surface area contributed by atoms with E-state index in [9.17, 15) is 13.2 Å². The number of hydrogen-bond acceptors (Lipinski definition) is 1. The number of halogens is 3. The Hall–Kier alpha value is -1.49. The molecule has 0 atom stereocenters. The molecule has 0 spiro atoms. The van der Waals surface area contributed by atoms with Crippen molar-refractivity contribution in [3.05, 3.63) is 36.0 Å². The fraction of sp³-hybridized carbons (Fsp3) is 0.500. The van der Waals surface area contributed by atoms with Crippen molar-refractivity contribution in [1.29, 1.82) is 0 Å². The highest BCUT2D eigenvalue weighted by atomic mass is 19.4. The van der Waals surface area contributed by atoms with Crippen LogP contribution in [0.4, 0.5) is 13.2 Å². The smallest absolute Gasteiger partial charge is 0.347 e. The minimum Gasteiger partial charge on any atom is -0.347 e. The lowest BCUT2D eigenvalue weighted by Crippen LogP contribution is -2.13. The van der Waals surface area contributed by atoms with E-state index in [4.69, 9.17) is 0 Å². The number of hydrogen-bond donors (Lipinski definition) is 1. The van der Waals surface area contributed by atoms with Crippen LogP contribution in [-0.4, -0.2) is 17.3 Å². The minimum absolute atomic E-state index is 0.117. The van der Waals surface area contributed by atoms with E-state index in [-0.39, 0.29) is 6.42 Å². The zero-order valence-corrected chi connectivity index (χ0v) is 12.2. The Bertz CT molecular complexity index is 572. The van der Waals surface area contributed by atoms with E-state index in [1.54, 1.807) is 0 Å². The minimum atomic E-state index is -4.07. The summed E-state index contributed by atoms with van der Waals surface area (Å²) in [6.07, 6.45) is -1.74. The van der Waals surface area contributed by atoms with Crippen molar-refractivity contribution in [2.45, 2.75) is 45.5 Å². The van der Waals surface area contributed by atoms with Gasteiger partial charge in [-0.1, -0.05) is 19.1 Å². The fourth-order valence-electron chi connectivity index (χ4n) is 2.39. The molecule has 0 fully saturated rings. The second kappa shape index (κ2) is 6.98. The summed E-state index contributed by atoms with van der Waals surface area (Å²) in [6.45, 7) is 4.26. The van der Waals surface area contributed by atoms with Crippen LogP contribution in [0.5, 0.6) is 0 Å². The number of fused-ring (bicyclic) bond motifs is 1. The third kappa shape index (κ3) is 4.77. The quantitative estimate of drug-likeness (QED) is 0.746. The van der Waals surface area contributed by atoms with Crippen LogP contribution in [-0.2, 0) is 13.1 Å². The molecule has 116 valence electrons. The maximum atomic E-state index is 12.2. The molecular weight excluding hydrogens is 277 g/mol. The molecule has 1 aromatic heterocycles. The van der Waals surface area contributed by atoms with Crippen molar-refractivity contribution < 1.29 is 13.2 Å². The van der Waals surface area contributed by atoms with Crippen LogP contribution < -0.4 is 5.32 Å². The first kappa shape index (κ1) is 15.9. The molecule has 0 aliphatic carbocycles. The Morgan fingerprint density at radius 1 is 1.19 bits per heavy atom. The molecular formula is C16H21F3N2. The van der Waals surface area contributed by atoms with Gasteiger partial charge in [-0.2, -0.15) is 13.2 Å². The summed E-state index contributed by atoms with van der Waals surface area (Å²) in [5.74, 6) is 0. The zero-order valence-electron chi connectivity index (χ0n) is 12.2. The Balaban J connectivity index is 2.04. The summed E-state index contributed by atoms with van der Waals surface area (Å²) in [6, 6.07) is 8.10. The maximum absolute atomic E-state index is 12.2. The molecule has 2 aromatic rings. The van der Waals surface area contributed by atoms with E-state index in [1.165, 1.54) is 0 Å². The first-order valence-electron chi connectivity index (χ1n) is 7.35. The van der Waals surface area contributed by atoms with Crippen molar-refractivity contribution in [2.24, 2.45) is 0 Å². The number of aryl methyl sites for hydroxylation is 1. The SMILES string of the molecule is CCCNCc1ccc2ccn(CCCC(F)(F)F)c2c1. The van der Waals surface area contributed by atoms with Crippen LogP contribution in [0.15, 0.2) is 30.5 Å². The van der Waals surface area contributed by atoms with E-state index >= 15 is 0 Å². The highest BCUT2D eigenvalue weighted by Gasteiger charge is 2.26. The standard InChI is InChI=1S/C16H21F3N2/c1-2-8-20-12-13-4-5-14-6-10-21(15(14)11-13)9-3-7-16(17,18)19/h4-6,10-11,20H,2-3,7-9,12H2,1H3. The number of rotatable bonds is 7. The largest absolute Gasteiger partial charge is 0.389 e. The van der Waals surface area contributed by atoms with Crippen molar-refractivity contribution >= 4 is 10.9 Å². The molecule has 2 rings (SSSR count). The van der Waals surface area contributed by atoms with Gasteiger partial charge in [-0.3, -0.25) is 0 Å². The molecule has 0 aliphatic heterocycles. The normalized spacial score (nSPS) is 12.2. The maximum Gasteiger partial charge on any atom is 0.389 e. The van der Waals surface area contributed by atoms with Gasteiger partial charge in [-0.15, -0.1) is 0 Å². The van der Waals surface area contributed by atoms with Gasteiger partial charge in [0.25, 0.3) is 0 Å². The van der Waals surface area contributed by atoms with Crippen LogP contribution in [0, 0.1) is 0 Å². The van der Waals surface area contributed by atoms with Gasteiger partial charge in [0.05, 0.1) is 0 Å². The molecule has 5 heteroatoms. The summed E-state index contributed by atoms with van der Waals surface area (Å²) in [5.41, 5.74) is 2.17. The lowest BCUT2D eigenvalue weighted by atomic mass is 10.1. The highest BCUT2D eigenvalue weighted by molar-refractivity contribution is 5.80. The molecule has 1 heterocycles. The number of nitrogens with zero attached hydrogens (tertiary/aromatic N) is 1. The van der Waals surface area contributed by atoms with E-state index < -0.39 is 12.6 Å². The molecule has 0 radical (unpaired) electrons. The number of nitrogens with one attached hydrogen (secondary N) is 1. The predicted octanol–water partition coefficient (Wildman–Crippen LogP) is 4.48. The van der Waals surface area contributed by atoms with Crippen LogP contribution in [0.25, 0.3) is 10.9 Å². The van der Waals surface area contributed by atoms with E-state index in [2.05, 4.69) is 24.4 Å². The molecule has 21 heavy (non-hydrogen) atoms. The number of alkyl halides is 3. The molecule has 0 bridgehead atoms. The number of aromatic nitrogens is 1. The average molecular weight is 298 g/mol. The van der Waals surface area contributed by atoms with Crippen LogP contribution in [0.3, 0.4) is 0 Å². The second-order valence-corrected chi connectivity index (χ2v) is 5.30. The third-order valence-corrected chi connectivity index (χ3v) is 3.45. The van der Waals surface area contributed by atoms with Gasteiger partial charge in [0.1, 0.15) is 0 Å². The van der Waals surface area contributed by atoms with Crippen molar-refractivity contribution in [3.63, 3.8) is 0 Å². The van der Waals surface area contributed by atoms with E-state index in [1.807, 2.05) is 22.9 Å². The average Bonchev–Trinajstić information content (AvgIpc) is 2.81. The molecule has 1 N–H and O–H groups in total. The molecule has 0 aliphatic rings. The summed E-state index contributed by atoms with van der Waals surface area (Å²) in [5, 5.41) is 4.40. The molecule has 2 nitrogen and oxygen atoms in total. The van der Waals surface area contributed by atoms with Gasteiger partial charge in [0.15, 0.2) is 0 Å². The Morgan fingerprint density at radius 2 is 2.00 bits per heavy atom. The van der Waals surface area contributed by atoms with Crippen LogP contribution >= 0.6 is 0 Å². The lowest BCUT2D eigenvalue weighted by molar-refractivity contribution is -0.135. The predicted molar refractivity (Wildman–Crippen MR) is 79.2 cm³/mol. The van der Waals surface area contributed by atoms with Gasteiger partial charge in [-0.05, 0) is 42.5 Å². The Labute approximate surface area is 122 Å². The van der Waals surface area contributed by atoms with Gasteiger partial charge < -0.3 is 9.88 Å². The number of benzene rings is 1. The third-order valence-electron chi connectivity index (χ3n) is 3.45. The zero-order chi connectivity index (χ0) is 15.3. The molecule has 1 aromatic carbocycles. The second-order valence-electron chi connectivity index (χ2n) is 5.30. The molecule has 0 saturated carbocycles. The summed E-state index contributed by atoms with van der Waals surface area (Å²) >= 11 is 0. The van der Waals surface area contributed by atoms with Gasteiger partial charge >= 0.3 is 6.18 Å². The van der Waals surface area contributed by atoms with Crippen LogP contribution in [0.1, 0.15) is 31.7 Å². The van der Waals surface area contributed by atoms with Crippen molar-refractivity contribution in [1.82, 2.24) is 9.88 Å². The summed E-state index contributed by atoms with van der Waals surface area (Å²) in [4.78, 5) is 0. The Morgan fingerprint density at radius 3 is 2.71 bits per heavy atom.